The van der Waals surface area contributed by atoms with Gasteiger partial charge in [-0.2, -0.15) is 10.4 Å². The Kier molecular flexibility index (Phi) is 6.22. The molecule has 3 aromatic rings. The summed E-state index contributed by atoms with van der Waals surface area (Å²) < 4.78 is 7.55. The lowest BCUT2D eigenvalue weighted by atomic mass is 10.1. The van der Waals surface area contributed by atoms with E-state index in [2.05, 4.69) is 17.7 Å². The summed E-state index contributed by atoms with van der Waals surface area (Å²) in [6.45, 7) is 4.74. The van der Waals surface area contributed by atoms with Crippen LogP contribution in [-0.2, 0) is 4.79 Å². The van der Waals surface area contributed by atoms with Gasteiger partial charge >= 0.3 is 0 Å². The number of nitrogens with zero attached hydrogens (tertiary/aromatic N) is 4. The molecule has 0 radical (unpaired) electrons. The number of nitrogens with two attached hydrogens (primary N) is 1. The Balaban J connectivity index is 1.56. The summed E-state index contributed by atoms with van der Waals surface area (Å²) >= 11 is 0. The fraction of sp³-hybridized carbons (Fsp3) is 0.200. The minimum atomic E-state index is -0.566. The van der Waals surface area contributed by atoms with Crippen molar-refractivity contribution in [3.63, 3.8) is 0 Å². The van der Waals surface area contributed by atoms with Crippen molar-refractivity contribution in [1.82, 2.24) is 14.7 Å². The second kappa shape index (κ2) is 9.40. The van der Waals surface area contributed by atoms with Crippen LogP contribution < -0.4 is 10.5 Å². The van der Waals surface area contributed by atoms with Gasteiger partial charge in [0.25, 0.3) is 5.91 Å². The number of benzene rings is 2. The number of rotatable bonds is 6. The Morgan fingerprint density at radius 1 is 1.15 bits per heavy atom. The van der Waals surface area contributed by atoms with E-state index in [1.807, 2.05) is 12.1 Å². The molecule has 0 spiro atoms. The molecule has 1 aliphatic heterocycles. The highest BCUT2D eigenvalue weighted by Gasteiger charge is 2.26. The molecule has 0 aliphatic carbocycles. The lowest BCUT2D eigenvalue weighted by Gasteiger charge is -2.32. The number of hydrogen-bond acceptors (Lipinski definition) is 5. The summed E-state index contributed by atoms with van der Waals surface area (Å²) in [4.78, 5) is 25.9. The van der Waals surface area contributed by atoms with Gasteiger partial charge in [-0.1, -0.05) is 6.58 Å². The van der Waals surface area contributed by atoms with Gasteiger partial charge in [-0.05, 0) is 67.4 Å². The predicted molar refractivity (Wildman–Crippen MR) is 122 cm³/mol. The van der Waals surface area contributed by atoms with E-state index in [0.29, 0.717) is 41.4 Å². The van der Waals surface area contributed by atoms with Crippen LogP contribution >= 0.6 is 0 Å². The van der Waals surface area contributed by atoms with E-state index in [1.165, 1.54) is 6.08 Å². The molecule has 4 rings (SSSR count). The molecular formula is C25H23N5O3. The van der Waals surface area contributed by atoms with Gasteiger partial charge in [0.2, 0.25) is 5.91 Å². The zero-order valence-electron chi connectivity index (χ0n) is 18.0. The minimum absolute atomic E-state index is 0.0477. The smallest absolute Gasteiger partial charge is 0.252 e. The fourth-order valence-corrected chi connectivity index (χ4v) is 3.89. The Bertz CT molecular complexity index is 1220. The molecule has 1 fully saturated rings. The van der Waals surface area contributed by atoms with Gasteiger partial charge in [0.1, 0.15) is 17.2 Å². The summed E-state index contributed by atoms with van der Waals surface area (Å²) in [6.07, 6.45) is 4.66. The SMILES string of the molecule is C=CC(=O)N1CCCC(n2cc(C(N)=O)c(-c3ccc(Oc4ccc(C#N)cc4)cc3)n2)C1. The molecule has 2 heterocycles. The molecule has 33 heavy (non-hydrogen) atoms. The maximum atomic E-state index is 12.1. The fourth-order valence-electron chi connectivity index (χ4n) is 3.89. The Hall–Kier alpha value is -4.38. The van der Waals surface area contributed by atoms with Crippen molar-refractivity contribution in [2.24, 2.45) is 5.73 Å². The van der Waals surface area contributed by atoms with Crippen molar-refractivity contribution in [3.8, 4) is 28.8 Å². The number of hydrogen-bond donors (Lipinski definition) is 1. The van der Waals surface area contributed by atoms with Crippen molar-refractivity contribution < 1.29 is 14.3 Å². The topological polar surface area (TPSA) is 114 Å². The number of carbonyl (C=O) groups is 2. The summed E-state index contributed by atoms with van der Waals surface area (Å²) in [7, 11) is 0. The van der Waals surface area contributed by atoms with Gasteiger partial charge in [0.15, 0.2) is 0 Å². The number of ether oxygens (including phenoxy) is 1. The third kappa shape index (κ3) is 4.77. The summed E-state index contributed by atoms with van der Waals surface area (Å²) in [5.41, 5.74) is 7.72. The summed E-state index contributed by atoms with van der Waals surface area (Å²) in [5.74, 6) is 0.540. The normalized spacial score (nSPS) is 15.5. The maximum absolute atomic E-state index is 12.1. The molecule has 0 bridgehead atoms. The highest BCUT2D eigenvalue weighted by molar-refractivity contribution is 5.98. The molecule has 166 valence electrons. The first kappa shape index (κ1) is 21.8. The van der Waals surface area contributed by atoms with Crippen molar-refractivity contribution >= 4 is 11.8 Å². The molecule has 0 saturated carbocycles. The Labute approximate surface area is 191 Å². The van der Waals surface area contributed by atoms with Crippen LogP contribution in [0, 0.1) is 11.3 Å². The molecule has 2 aromatic carbocycles. The number of nitriles is 1. The summed E-state index contributed by atoms with van der Waals surface area (Å²) in [5, 5.41) is 13.6. The van der Waals surface area contributed by atoms with E-state index in [1.54, 1.807) is 52.2 Å². The highest BCUT2D eigenvalue weighted by atomic mass is 16.5. The van der Waals surface area contributed by atoms with Gasteiger partial charge in [-0.3, -0.25) is 14.3 Å². The Morgan fingerprint density at radius 3 is 2.42 bits per heavy atom. The molecule has 1 saturated heterocycles. The zero-order chi connectivity index (χ0) is 23.4. The van der Waals surface area contributed by atoms with Crippen LogP contribution in [0.15, 0.2) is 67.4 Å². The highest BCUT2D eigenvalue weighted by Crippen LogP contribution is 2.29. The van der Waals surface area contributed by atoms with Gasteiger partial charge in [-0.25, -0.2) is 0 Å². The van der Waals surface area contributed by atoms with Crippen molar-refractivity contribution in [3.05, 3.63) is 78.5 Å². The van der Waals surface area contributed by atoms with E-state index in [0.717, 1.165) is 18.4 Å². The molecule has 2 amide bonds. The van der Waals surface area contributed by atoms with E-state index < -0.39 is 5.91 Å². The largest absolute Gasteiger partial charge is 0.457 e. The van der Waals surface area contributed by atoms with E-state index in [-0.39, 0.29) is 11.9 Å². The van der Waals surface area contributed by atoms with E-state index in [9.17, 15) is 9.59 Å². The molecule has 2 N–H and O–H groups in total. The summed E-state index contributed by atoms with van der Waals surface area (Å²) in [6, 6.07) is 16.0. The average molecular weight is 441 g/mol. The van der Waals surface area contributed by atoms with Crippen molar-refractivity contribution in [1.29, 1.82) is 5.26 Å². The second-order valence-corrected chi connectivity index (χ2v) is 7.78. The average Bonchev–Trinajstić information content (AvgIpc) is 3.31. The van der Waals surface area contributed by atoms with Gasteiger partial charge in [0, 0.05) is 24.8 Å². The monoisotopic (exact) mass is 441 g/mol. The first-order valence-corrected chi connectivity index (χ1v) is 10.6. The molecule has 8 heteroatoms. The number of primary amides is 1. The van der Waals surface area contributed by atoms with E-state index >= 15 is 0 Å². The van der Waals surface area contributed by atoms with Crippen molar-refractivity contribution in [2.75, 3.05) is 13.1 Å². The number of likely N-dealkylation sites (tertiary alicyclic amines) is 1. The van der Waals surface area contributed by atoms with Crippen LogP contribution in [0.2, 0.25) is 0 Å². The third-order valence-electron chi connectivity index (χ3n) is 5.60. The first-order chi connectivity index (χ1) is 16.0. The van der Waals surface area contributed by atoms with Gasteiger partial charge < -0.3 is 15.4 Å². The lowest BCUT2D eigenvalue weighted by molar-refractivity contribution is -0.127. The third-order valence-corrected chi connectivity index (χ3v) is 5.60. The van der Waals surface area contributed by atoms with E-state index in [4.69, 9.17) is 15.7 Å². The Morgan fingerprint density at radius 2 is 1.82 bits per heavy atom. The van der Waals surface area contributed by atoms with Crippen LogP contribution in [-0.4, -0.2) is 39.6 Å². The molecular weight excluding hydrogens is 418 g/mol. The van der Waals surface area contributed by atoms with Gasteiger partial charge in [0.05, 0.1) is 23.2 Å². The standard InChI is InChI=1S/C25H23N5O3/c1-2-23(31)29-13-3-4-19(15-29)30-16-22(25(27)32)24(28-30)18-7-11-21(12-8-18)33-20-9-5-17(14-26)6-10-20/h2,5-12,16,19H,1,3-4,13,15H2,(H2,27,32). The van der Waals surface area contributed by atoms with Crippen LogP contribution in [0.5, 0.6) is 11.5 Å². The molecule has 1 atom stereocenters. The zero-order valence-corrected chi connectivity index (χ0v) is 18.0. The predicted octanol–water partition coefficient (Wildman–Crippen LogP) is 3.66. The van der Waals surface area contributed by atoms with Crippen LogP contribution in [0.4, 0.5) is 0 Å². The van der Waals surface area contributed by atoms with Crippen LogP contribution in [0.3, 0.4) is 0 Å². The number of carbonyl (C=O) groups excluding carboxylic acids is 2. The first-order valence-electron chi connectivity index (χ1n) is 10.6. The molecule has 8 nitrogen and oxygen atoms in total. The number of piperidine rings is 1. The second-order valence-electron chi connectivity index (χ2n) is 7.78. The molecule has 1 unspecified atom stereocenters. The maximum Gasteiger partial charge on any atom is 0.252 e. The lowest BCUT2D eigenvalue weighted by Crippen LogP contribution is -2.40. The van der Waals surface area contributed by atoms with Crippen molar-refractivity contribution in [2.45, 2.75) is 18.9 Å². The minimum Gasteiger partial charge on any atom is -0.457 e. The quantitative estimate of drug-likeness (QED) is 0.586. The number of amides is 2. The molecule has 1 aliphatic rings. The van der Waals surface area contributed by atoms with Crippen LogP contribution in [0.25, 0.3) is 11.3 Å². The van der Waals surface area contributed by atoms with Gasteiger partial charge in [-0.15, -0.1) is 0 Å². The van der Waals surface area contributed by atoms with Crippen LogP contribution in [0.1, 0.15) is 34.8 Å². The number of aromatic nitrogens is 2. The molecule has 1 aromatic heterocycles.